The van der Waals surface area contributed by atoms with Gasteiger partial charge in [0.15, 0.2) is 6.23 Å². The fourth-order valence-electron chi connectivity index (χ4n) is 1.37. The van der Waals surface area contributed by atoms with Gasteiger partial charge in [-0.15, -0.1) is 0 Å². The van der Waals surface area contributed by atoms with Gasteiger partial charge in [-0.3, -0.25) is 4.79 Å². The van der Waals surface area contributed by atoms with Crippen molar-refractivity contribution in [1.29, 1.82) is 0 Å². The summed E-state index contributed by atoms with van der Waals surface area (Å²) in [7, 11) is 0. The van der Waals surface area contributed by atoms with Crippen LogP contribution in [-0.4, -0.2) is 63.6 Å². The van der Waals surface area contributed by atoms with Crippen molar-refractivity contribution in [1.82, 2.24) is 5.32 Å². The van der Waals surface area contributed by atoms with Gasteiger partial charge in [0.25, 0.3) is 0 Å². The Balaban J connectivity index is 2.69. The second-order valence-corrected chi connectivity index (χ2v) is 3.37. The molecule has 0 aromatic heterocycles. The lowest BCUT2D eigenvalue weighted by Crippen LogP contribution is -2.61. The third-order valence-electron chi connectivity index (χ3n) is 2.18. The Morgan fingerprint density at radius 1 is 1.27 bits per heavy atom. The number of aliphatic hydroxyl groups is 4. The van der Waals surface area contributed by atoms with E-state index in [0.717, 1.165) is 0 Å². The van der Waals surface area contributed by atoms with E-state index in [0.29, 0.717) is 0 Å². The highest BCUT2D eigenvalue weighted by atomic mass is 16.6. The standard InChI is InChI=1S/C8H14NO6/c1-3(11)9-8-7(14)6(13)5(12)4(2-10)15-8/h4-8,10,12-14H,2H2,1H3/t4-,5+,6+,7-,8?/m1/s1. The predicted octanol–water partition coefficient (Wildman–Crippen LogP) is -3.06. The first-order valence-corrected chi connectivity index (χ1v) is 4.49. The molecule has 1 amide bonds. The third-order valence-corrected chi connectivity index (χ3v) is 2.18. The average molecular weight is 220 g/mol. The van der Waals surface area contributed by atoms with Crippen LogP contribution in [0.15, 0.2) is 0 Å². The second-order valence-electron chi connectivity index (χ2n) is 3.37. The van der Waals surface area contributed by atoms with E-state index in [-0.39, 0.29) is 0 Å². The quantitative estimate of drug-likeness (QED) is 0.392. The highest BCUT2D eigenvalue weighted by Gasteiger charge is 2.44. The number of amides is 1. The minimum Gasteiger partial charge on any atom is -0.394 e. The van der Waals surface area contributed by atoms with Gasteiger partial charge in [-0.1, -0.05) is 0 Å². The van der Waals surface area contributed by atoms with Crippen molar-refractivity contribution in [2.75, 3.05) is 6.61 Å². The molecule has 1 saturated heterocycles. The van der Waals surface area contributed by atoms with Gasteiger partial charge in [-0.2, -0.15) is 0 Å². The topological polar surface area (TPSA) is 121 Å². The summed E-state index contributed by atoms with van der Waals surface area (Å²) in [4.78, 5) is 10.7. The number of carbonyl (C=O) groups is 1. The lowest BCUT2D eigenvalue weighted by Gasteiger charge is -2.38. The van der Waals surface area contributed by atoms with E-state index in [2.05, 4.69) is 5.32 Å². The molecule has 0 aromatic rings. The van der Waals surface area contributed by atoms with E-state index in [4.69, 9.17) is 9.84 Å². The first-order valence-electron chi connectivity index (χ1n) is 4.49. The molecule has 0 aromatic carbocycles. The molecule has 0 spiro atoms. The molecule has 4 N–H and O–H groups in total. The van der Waals surface area contributed by atoms with Gasteiger partial charge in [-0.25, -0.2) is 5.32 Å². The van der Waals surface area contributed by atoms with Crippen LogP contribution in [0.25, 0.3) is 0 Å². The van der Waals surface area contributed by atoms with Crippen LogP contribution in [-0.2, 0) is 9.53 Å². The molecule has 0 bridgehead atoms. The Labute approximate surface area is 86.3 Å². The van der Waals surface area contributed by atoms with Crippen molar-refractivity contribution >= 4 is 5.91 Å². The van der Waals surface area contributed by atoms with E-state index in [1.165, 1.54) is 6.92 Å². The fourth-order valence-corrected chi connectivity index (χ4v) is 1.37. The number of hydrogen-bond acceptors (Lipinski definition) is 6. The van der Waals surface area contributed by atoms with E-state index < -0.39 is 43.2 Å². The summed E-state index contributed by atoms with van der Waals surface area (Å²) in [5.41, 5.74) is 0. The zero-order valence-corrected chi connectivity index (χ0v) is 8.15. The molecule has 15 heavy (non-hydrogen) atoms. The van der Waals surface area contributed by atoms with Crippen molar-refractivity contribution in [2.24, 2.45) is 0 Å². The van der Waals surface area contributed by atoms with Crippen LogP contribution in [0, 0.1) is 0 Å². The van der Waals surface area contributed by atoms with Crippen molar-refractivity contribution in [3.63, 3.8) is 0 Å². The zero-order chi connectivity index (χ0) is 11.6. The molecule has 7 nitrogen and oxygen atoms in total. The first-order chi connectivity index (χ1) is 6.97. The number of carbonyl (C=O) groups excluding carboxylic acids is 1. The van der Waals surface area contributed by atoms with Crippen molar-refractivity contribution in [2.45, 2.75) is 37.6 Å². The van der Waals surface area contributed by atoms with Crippen molar-refractivity contribution in [3.8, 4) is 0 Å². The molecular weight excluding hydrogens is 206 g/mol. The Hall–Kier alpha value is -0.730. The largest absolute Gasteiger partial charge is 0.394 e. The van der Waals surface area contributed by atoms with Gasteiger partial charge in [0.05, 0.1) is 6.61 Å². The van der Waals surface area contributed by atoms with E-state index in [1.807, 2.05) is 0 Å². The first kappa shape index (κ1) is 12.3. The molecule has 1 heterocycles. The summed E-state index contributed by atoms with van der Waals surface area (Å²) < 4.78 is 4.94. The minimum atomic E-state index is -1.50. The molecule has 87 valence electrons. The maximum atomic E-state index is 10.7. The maximum absolute atomic E-state index is 10.7. The van der Waals surface area contributed by atoms with E-state index in [1.54, 1.807) is 0 Å². The summed E-state index contributed by atoms with van der Waals surface area (Å²) in [5.74, 6) is -0.570. The summed E-state index contributed by atoms with van der Waals surface area (Å²) in [5, 5.41) is 40.3. The number of aliphatic hydroxyl groups excluding tert-OH is 4. The summed E-state index contributed by atoms with van der Waals surface area (Å²) in [6, 6.07) is 0. The van der Waals surface area contributed by atoms with Crippen LogP contribution in [0.4, 0.5) is 0 Å². The van der Waals surface area contributed by atoms with Crippen LogP contribution in [0.3, 0.4) is 0 Å². The van der Waals surface area contributed by atoms with Crippen molar-refractivity contribution < 1.29 is 30.0 Å². The van der Waals surface area contributed by atoms with Crippen LogP contribution < -0.4 is 5.32 Å². The Bertz CT molecular complexity index is 233. The lowest BCUT2D eigenvalue weighted by atomic mass is 9.98. The van der Waals surface area contributed by atoms with Gasteiger partial charge < -0.3 is 25.2 Å². The Morgan fingerprint density at radius 2 is 1.87 bits per heavy atom. The van der Waals surface area contributed by atoms with Gasteiger partial charge in [0, 0.05) is 6.92 Å². The Morgan fingerprint density at radius 3 is 2.33 bits per heavy atom. The van der Waals surface area contributed by atoms with Gasteiger partial charge >= 0.3 is 0 Å². The van der Waals surface area contributed by atoms with Crippen LogP contribution >= 0.6 is 0 Å². The van der Waals surface area contributed by atoms with Crippen LogP contribution in [0.2, 0.25) is 0 Å². The smallest absolute Gasteiger partial charge is 0.240 e. The zero-order valence-electron chi connectivity index (χ0n) is 8.15. The number of rotatable bonds is 2. The SMILES string of the molecule is CC(=O)[N]C1O[C@H](CO)[C@H](O)[C@H](O)[C@H]1O. The van der Waals surface area contributed by atoms with Crippen molar-refractivity contribution in [3.05, 3.63) is 0 Å². The summed E-state index contributed by atoms with van der Waals surface area (Å²) >= 11 is 0. The molecule has 0 aliphatic carbocycles. The van der Waals surface area contributed by atoms with Gasteiger partial charge in [0.2, 0.25) is 5.91 Å². The minimum absolute atomic E-state index is 0.533. The molecule has 1 radical (unpaired) electrons. The number of hydrogen-bond donors (Lipinski definition) is 4. The maximum Gasteiger partial charge on any atom is 0.240 e. The second kappa shape index (κ2) is 4.86. The highest BCUT2D eigenvalue weighted by molar-refractivity contribution is 5.72. The molecule has 5 atom stereocenters. The van der Waals surface area contributed by atoms with Crippen LogP contribution in [0.1, 0.15) is 6.92 Å². The predicted molar refractivity (Wildman–Crippen MR) is 46.6 cm³/mol. The molecule has 0 saturated carbocycles. The molecule has 1 fully saturated rings. The summed E-state index contributed by atoms with van der Waals surface area (Å²) in [6.07, 6.45) is -6.69. The molecule has 1 unspecified atom stereocenters. The van der Waals surface area contributed by atoms with E-state index >= 15 is 0 Å². The van der Waals surface area contributed by atoms with Gasteiger partial charge in [-0.05, 0) is 0 Å². The molecular formula is C8H14NO6. The lowest BCUT2D eigenvalue weighted by molar-refractivity contribution is -0.236. The molecule has 7 heteroatoms. The normalized spacial score (nSPS) is 41.3. The third kappa shape index (κ3) is 2.64. The molecule has 1 aliphatic rings. The van der Waals surface area contributed by atoms with Gasteiger partial charge in [0.1, 0.15) is 24.4 Å². The fraction of sp³-hybridized carbons (Fsp3) is 0.875. The average Bonchev–Trinajstić information content (AvgIpc) is 2.18. The monoisotopic (exact) mass is 220 g/mol. The summed E-state index contributed by atoms with van der Waals surface area (Å²) in [6.45, 7) is 0.635. The number of nitrogens with zero attached hydrogens (tertiary/aromatic N) is 1. The molecule has 1 rings (SSSR count). The highest BCUT2D eigenvalue weighted by Crippen LogP contribution is 2.20. The van der Waals surface area contributed by atoms with Crippen LogP contribution in [0.5, 0.6) is 0 Å². The molecule has 1 aliphatic heterocycles. The van der Waals surface area contributed by atoms with E-state index in [9.17, 15) is 20.1 Å². The number of ether oxygens (including phenoxy) is 1. The Kier molecular flexibility index (Phi) is 4.00.